The van der Waals surface area contributed by atoms with E-state index in [1.807, 2.05) is 36.0 Å². The van der Waals surface area contributed by atoms with Crippen LogP contribution >= 0.6 is 27.5 Å². The van der Waals surface area contributed by atoms with Gasteiger partial charge in [-0.2, -0.15) is 5.10 Å². The van der Waals surface area contributed by atoms with E-state index in [9.17, 15) is 0 Å². The fourth-order valence-electron chi connectivity index (χ4n) is 1.57. The minimum atomic E-state index is 0.743. The number of hydrogen-bond acceptors (Lipinski definition) is 2. The fraction of sp³-hybridized carbons (Fsp3) is 0.250. The van der Waals surface area contributed by atoms with Crippen LogP contribution in [0.5, 0.6) is 0 Å². The lowest BCUT2D eigenvalue weighted by molar-refractivity contribution is 0.625. The molecule has 0 bridgehead atoms. The van der Waals surface area contributed by atoms with Crippen molar-refractivity contribution in [2.75, 3.05) is 0 Å². The fourth-order valence-corrected chi connectivity index (χ4v) is 2.39. The summed E-state index contributed by atoms with van der Waals surface area (Å²) in [6.45, 7) is 1.59. The molecule has 1 N–H and O–H groups in total. The summed E-state index contributed by atoms with van der Waals surface area (Å²) >= 11 is 9.39. The number of hydrogen-bond donors (Lipinski definition) is 1. The highest BCUT2D eigenvalue weighted by Gasteiger charge is 2.02. The Labute approximate surface area is 114 Å². The first-order valence-electron chi connectivity index (χ1n) is 5.28. The molecule has 0 fully saturated rings. The molecule has 0 aliphatic rings. The van der Waals surface area contributed by atoms with Crippen molar-refractivity contribution in [3.8, 4) is 0 Å². The molecule has 1 heterocycles. The standard InChI is InChI=1S/C12H13BrClN3/c1-17-11(4-5-16-17)8-15-7-9-2-3-10(14)6-12(9)13/h2-6,15H,7-8H2,1H3. The zero-order valence-corrected chi connectivity index (χ0v) is 11.8. The summed E-state index contributed by atoms with van der Waals surface area (Å²) < 4.78 is 2.90. The molecular formula is C12H13BrClN3. The molecule has 0 unspecified atom stereocenters. The maximum Gasteiger partial charge on any atom is 0.0518 e. The zero-order chi connectivity index (χ0) is 12.3. The van der Waals surface area contributed by atoms with Crippen molar-refractivity contribution in [1.29, 1.82) is 0 Å². The van der Waals surface area contributed by atoms with Crippen LogP contribution in [0.15, 0.2) is 34.9 Å². The number of nitrogens with zero attached hydrogens (tertiary/aromatic N) is 2. The van der Waals surface area contributed by atoms with Gasteiger partial charge in [0.2, 0.25) is 0 Å². The van der Waals surface area contributed by atoms with Gasteiger partial charge in [0, 0.05) is 35.8 Å². The summed E-state index contributed by atoms with van der Waals surface area (Å²) in [6, 6.07) is 7.82. The molecule has 90 valence electrons. The van der Waals surface area contributed by atoms with Crippen molar-refractivity contribution in [1.82, 2.24) is 15.1 Å². The summed E-state index contributed by atoms with van der Waals surface area (Å²) in [5, 5.41) is 8.24. The molecule has 0 radical (unpaired) electrons. The van der Waals surface area contributed by atoms with E-state index in [1.165, 1.54) is 5.56 Å². The van der Waals surface area contributed by atoms with Crippen molar-refractivity contribution in [2.24, 2.45) is 7.05 Å². The second-order valence-electron chi connectivity index (χ2n) is 3.79. The van der Waals surface area contributed by atoms with Crippen LogP contribution in [0.4, 0.5) is 0 Å². The van der Waals surface area contributed by atoms with Gasteiger partial charge in [-0.05, 0) is 23.8 Å². The van der Waals surface area contributed by atoms with E-state index in [-0.39, 0.29) is 0 Å². The second-order valence-corrected chi connectivity index (χ2v) is 5.08. The van der Waals surface area contributed by atoms with Crippen LogP contribution in [0, 0.1) is 0 Å². The number of aryl methyl sites for hydroxylation is 1. The maximum absolute atomic E-state index is 5.89. The Balaban J connectivity index is 1.92. The average Bonchev–Trinajstić information content (AvgIpc) is 2.68. The van der Waals surface area contributed by atoms with E-state index < -0.39 is 0 Å². The van der Waals surface area contributed by atoms with Crippen LogP contribution in [0.25, 0.3) is 0 Å². The molecule has 5 heteroatoms. The third-order valence-electron chi connectivity index (χ3n) is 2.56. The van der Waals surface area contributed by atoms with Crippen LogP contribution < -0.4 is 5.32 Å². The molecule has 17 heavy (non-hydrogen) atoms. The smallest absolute Gasteiger partial charge is 0.0518 e. The van der Waals surface area contributed by atoms with Gasteiger partial charge >= 0.3 is 0 Å². The molecule has 0 saturated carbocycles. The first-order chi connectivity index (χ1) is 8.16. The number of rotatable bonds is 4. The Morgan fingerprint density at radius 3 is 2.82 bits per heavy atom. The Morgan fingerprint density at radius 2 is 2.18 bits per heavy atom. The van der Waals surface area contributed by atoms with Gasteiger partial charge in [-0.3, -0.25) is 4.68 Å². The van der Waals surface area contributed by atoms with Crippen LogP contribution in [0.2, 0.25) is 5.02 Å². The Morgan fingerprint density at radius 1 is 1.35 bits per heavy atom. The molecule has 0 spiro atoms. The van der Waals surface area contributed by atoms with Crippen LogP contribution in [0.1, 0.15) is 11.3 Å². The van der Waals surface area contributed by atoms with E-state index in [0.717, 1.165) is 28.3 Å². The molecule has 0 saturated heterocycles. The quantitative estimate of drug-likeness (QED) is 0.939. The van der Waals surface area contributed by atoms with Crippen molar-refractivity contribution in [3.63, 3.8) is 0 Å². The number of nitrogens with one attached hydrogen (secondary N) is 1. The van der Waals surface area contributed by atoms with Crippen LogP contribution in [0.3, 0.4) is 0 Å². The number of halogens is 2. The van der Waals surface area contributed by atoms with Gasteiger partial charge in [-0.25, -0.2) is 0 Å². The monoisotopic (exact) mass is 313 g/mol. The first-order valence-corrected chi connectivity index (χ1v) is 6.45. The van der Waals surface area contributed by atoms with Gasteiger partial charge in [0.1, 0.15) is 0 Å². The molecule has 0 aliphatic heterocycles. The Bertz CT molecular complexity index is 510. The average molecular weight is 315 g/mol. The van der Waals surface area contributed by atoms with Gasteiger partial charge in [0.05, 0.1) is 5.69 Å². The third kappa shape index (κ3) is 3.31. The summed E-state index contributed by atoms with van der Waals surface area (Å²) in [5.74, 6) is 0. The minimum Gasteiger partial charge on any atom is -0.307 e. The van der Waals surface area contributed by atoms with Crippen LogP contribution in [-0.4, -0.2) is 9.78 Å². The highest BCUT2D eigenvalue weighted by atomic mass is 79.9. The predicted molar refractivity (Wildman–Crippen MR) is 72.9 cm³/mol. The van der Waals surface area contributed by atoms with Gasteiger partial charge in [0.15, 0.2) is 0 Å². The third-order valence-corrected chi connectivity index (χ3v) is 3.53. The largest absolute Gasteiger partial charge is 0.307 e. The first kappa shape index (κ1) is 12.6. The van der Waals surface area contributed by atoms with Crippen molar-refractivity contribution < 1.29 is 0 Å². The van der Waals surface area contributed by atoms with E-state index in [2.05, 4.69) is 26.3 Å². The normalized spacial score (nSPS) is 10.8. The highest BCUT2D eigenvalue weighted by Crippen LogP contribution is 2.21. The van der Waals surface area contributed by atoms with Gasteiger partial charge in [-0.1, -0.05) is 33.6 Å². The summed E-state index contributed by atoms with van der Waals surface area (Å²) in [4.78, 5) is 0. The lowest BCUT2D eigenvalue weighted by Crippen LogP contribution is -2.15. The Hall–Kier alpha value is -0.840. The van der Waals surface area contributed by atoms with E-state index >= 15 is 0 Å². The summed E-state index contributed by atoms with van der Waals surface area (Å²) in [6.07, 6.45) is 1.80. The second kappa shape index (κ2) is 5.67. The Kier molecular flexibility index (Phi) is 4.20. The molecule has 0 atom stereocenters. The molecule has 1 aromatic heterocycles. The van der Waals surface area contributed by atoms with Crippen LogP contribution in [-0.2, 0) is 20.1 Å². The van der Waals surface area contributed by atoms with Gasteiger partial charge < -0.3 is 5.32 Å². The maximum atomic E-state index is 5.89. The molecule has 0 amide bonds. The summed E-state index contributed by atoms with van der Waals surface area (Å²) in [7, 11) is 1.94. The summed E-state index contributed by atoms with van der Waals surface area (Å²) in [5.41, 5.74) is 2.35. The minimum absolute atomic E-state index is 0.743. The predicted octanol–water partition coefficient (Wildman–Crippen LogP) is 3.13. The molecule has 2 rings (SSSR count). The van der Waals surface area contributed by atoms with Crippen molar-refractivity contribution in [3.05, 3.63) is 51.2 Å². The van der Waals surface area contributed by atoms with E-state index in [1.54, 1.807) is 6.20 Å². The lowest BCUT2D eigenvalue weighted by atomic mass is 10.2. The van der Waals surface area contributed by atoms with E-state index in [0.29, 0.717) is 0 Å². The molecule has 0 aliphatic carbocycles. The molecule has 3 nitrogen and oxygen atoms in total. The molecular weight excluding hydrogens is 302 g/mol. The van der Waals surface area contributed by atoms with Gasteiger partial charge in [0.25, 0.3) is 0 Å². The molecule has 2 aromatic rings. The van der Waals surface area contributed by atoms with Gasteiger partial charge in [-0.15, -0.1) is 0 Å². The lowest BCUT2D eigenvalue weighted by Gasteiger charge is -2.07. The van der Waals surface area contributed by atoms with Crippen molar-refractivity contribution >= 4 is 27.5 Å². The molecule has 1 aromatic carbocycles. The number of benzene rings is 1. The zero-order valence-electron chi connectivity index (χ0n) is 9.45. The number of aromatic nitrogens is 2. The highest BCUT2D eigenvalue weighted by molar-refractivity contribution is 9.10. The SMILES string of the molecule is Cn1nccc1CNCc1ccc(Cl)cc1Br. The van der Waals surface area contributed by atoms with E-state index in [4.69, 9.17) is 11.6 Å². The topological polar surface area (TPSA) is 29.9 Å². The van der Waals surface area contributed by atoms with Crippen molar-refractivity contribution in [2.45, 2.75) is 13.1 Å².